The molecule has 6 nitrogen and oxygen atoms in total. The largest absolute Gasteiger partial charge is 0.378 e. The van der Waals surface area contributed by atoms with Crippen LogP contribution in [0.5, 0.6) is 0 Å². The lowest BCUT2D eigenvalue weighted by Crippen LogP contribution is -2.59. The Labute approximate surface area is 142 Å². The summed E-state index contributed by atoms with van der Waals surface area (Å²) >= 11 is 0. The van der Waals surface area contributed by atoms with Gasteiger partial charge in [-0.1, -0.05) is 18.2 Å². The minimum absolute atomic E-state index is 0.0924. The third-order valence-corrected chi connectivity index (χ3v) is 5.07. The number of rotatable bonds is 1. The summed E-state index contributed by atoms with van der Waals surface area (Å²) in [5.74, 6) is -0.361. The van der Waals surface area contributed by atoms with E-state index in [4.69, 9.17) is 0 Å². The summed E-state index contributed by atoms with van der Waals surface area (Å²) in [6, 6.07) is 8.03. The van der Waals surface area contributed by atoms with E-state index in [9.17, 15) is 14.7 Å². The number of aliphatic hydroxyl groups is 1. The molecule has 2 heterocycles. The van der Waals surface area contributed by atoms with Crippen LogP contribution >= 0.6 is 0 Å². The second kappa shape index (κ2) is 6.43. The fourth-order valence-corrected chi connectivity index (χ4v) is 3.64. The van der Waals surface area contributed by atoms with E-state index in [1.165, 1.54) is 6.92 Å². The van der Waals surface area contributed by atoms with E-state index in [0.717, 1.165) is 17.8 Å². The molecule has 0 unspecified atom stereocenters. The number of likely N-dealkylation sites (N-methyl/N-ethyl adjacent to an activating group) is 1. The molecule has 2 aliphatic heterocycles. The Morgan fingerprint density at radius 2 is 1.88 bits per heavy atom. The van der Waals surface area contributed by atoms with Crippen LogP contribution in [0.15, 0.2) is 24.3 Å². The third kappa shape index (κ3) is 3.11. The van der Waals surface area contributed by atoms with Gasteiger partial charge in [0.2, 0.25) is 5.91 Å². The maximum atomic E-state index is 13.0. The molecule has 0 spiro atoms. The normalized spacial score (nSPS) is 24.4. The van der Waals surface area contributed by atoms with E-state index in [1.807, 2.05) is 25.2 Å². The van der Waals surface area contributed by atoms with Gasteiger partial charge in [0.05, 0.1) is 6.54 Å². The van der Waals surface area contributed by atoms with Crippen LogP contribution in [0.4, 0.5) is 5.69 Å². The lowest BCUT2D eigenvalue weighted by molar-refractivity contribution is -0.160. The zero-order chi connectivity index (χ0) is 17.3. The number of anilines is 1. The van der Waals surface area contributed by atoms with Gasteiger partial charge in [-0.15, -0.1) is 0 Å². The fraction of sp³-hybridized carbons (Fsp3) is 0.556. The molecule has 6 heteroatoms. The molecule has 1 aromatic rings. The number of piperidine rings is 1. The highest BCUT2D eigenvalue weighted by molar-refractivity contribution is 5.87. The van der Waals surface area contributed by atoms with Crippen molar-refractivity contribution in [1.29, 1.82) is 0 Å². The number of carbonyl (C=O) groups is 2. The first-order valence-electron chi connectivity index (χ1n) is 8.47. The highest BCUT2D eigenvalue weighted by atomic mass is 16.3. The van der Waals surface area contributed by atoms with Crippen molar-refractivity contribution >= 4 is 17.5 Å². The highest BCUT2D eigenvalue weighted by Gasteiger charge is 2.43. The van der Waals surface area contributed by atoms with Gasteiger partial charge in [-0.2, -0.15) is 0 Å². The topological polar surface area (TPSA) is 64.1 Å². The minimum atomic E-state index is -1.47. The molecule has 2 aliphatic rings. The van der Waals surface area contributed by atoms with Crippen molar-refractivity contribution in [2.45, 2.75) is 31.9 Å². The Balaban J connectivity index is 1.81. The molecule has 0 radical (unpaired) electrons. The molecule has 130 valence electrons. The van der Waals surface area contributed by atoms with Crippen LogP contribution in [0.1, 0.15) is 25.3 Å². The molecular formula is C18H25N3O3. The lowest BCUT2D eigenvalue weighted by atomic mass is 9.91. The van der Waals surface area contributed by atoms with Crippen LogP contribution in [0.2, 0.25) is 0 Å². The molecule has 0 aromatic heterocycles. The van der Waals surface area contributed by atoms with Crippen molar-refractivity contribution in [3.63, 3.8) is 0 Å². The zero-order valence-corrected chi connectivity index (χ0v) is 14.4. The Morgan fingerprint density at radius 1 is 1.12 bits per heavy atom. The predicted octanol–water partition coefficient (Wildman–Crippen LogP) is 0.838. The van der Waals surface area contributed by atoms with Gasteiger partial charge < -0.3 is 19.8 Å². The minimum Gasteiger partial charge on any atom is -0.378 e. The van der Waals surface area contributed by atoms with Crippen molar-refractivity contribution in [1.82, 2.24) is 9.80 Å². The van der Waals surface area contributed by atoms with Crippen LogP contribution in [-0.4, -0.2) is 65.5 Å². The first-order chi connectivity index (χ1) is 11.4. The average molecular weight is 331 g/mol. The van der Waals surface area contributed by atoms with E-state index in [-0.39, 0.29) is 18.4 Å². The standard InChI is InChI=1S/C18H25N3O3/c1-14(22)21-9-5-8-18(24,13-21)17(23)20-11-10-19(2)16-7-4-3-6-15(16)12-20/h3-4,6-7,24H,5,8-13H2,1-2H3/t18-/m1/s1. The average Bonchev–Trinajstić information content (AvgIpc) is 2.74. The molecule has 24 heavy (non-hydrogen) atoms. The molecule has 1 N–H and O–H groups in total. The number of carbonyl (C=O) groups excluding carboxylic acids is 2. The molecule has 1 saturated heterocycles. The summed E-state index contributed by atoms with van der Waals surface area (Å²) in [6.07, 6.45) is 1.05. The Morgan fingerprint density at radius 3 is 2.62 bits per heavy atom. The maximum absolute atomic E-state index is 13.0. The fourth-order valence-electron chi connectivity index (χ4n) is 3.64. The first-order valence-corrected chi connectivity index (χ1v) is 8.47. The number of amides is 2. The smallest absolute Gasteiger partial charge is 0.256 e. The summed E-state index contributed by atoms with van der Waals surface area (Å²) in [5, 5.41) is 10.9. The van der Waals surface area contributed by atoms with Crippen LogP contribution < -0.4 is 4.90 Å². The number of benzene rings is 1. The summed E-state index contributed by atoms with van der Waals surface area (Å²) in [6.45, 7) is 3.95. The van der Waals surface area contributed by atoms with E-state index < -0.39 is 5.60 Å². The van der Waals surface area contributed by atoms with Gasteiger partial charge in [-0.3, -0.25) is 9.59 Å². The molecular weight excluding hydrogens is 306 g/mol. The summed E-state index contributed by atoms with van der Waals surface area (Å²) in [7, 11) is 2.01. The molecule has 3 rings (SSSR count). The second-order valence-corrected chi connectivity index (χ2v) is 6.85. The highest BCUT2D eigenvalue weighted by Crippen LogP contribution is 2.28. The number of β-amino-alcohol motifs (C(OH)–C–C–N with tert-alkyl or cyclic N) is 1. The van der Waals surface area contributed by atoms with Crippen LogP contribution in [0, 0.1) is 0 Å². The lowest BCUT2D eigenvalue weighted by Gasteiger charge is -2.40. The molecule has 2 amide bonds. The molecule has 1 aromatic carbocycles. The van der Waals surface area contributed by atoms with Gasteiger partial charge in [0, 0.05) is 45.8 Å². The van der Waals surface area contributed by atoms with Crippen molar-refractivity contribution < 1.29 is 14.7 Å². The van der Waals surface area contributed by atoms with Gasteiger partial charge in [-0.25, -0.2) is 0 Å². The number of hydrogen-bond acceptors (Lipinski definition) is 4. The van der Waals surface area contributed by atoms with Gasteiger partial charge in [0.15, 0.2) is 5.60 Å². The monoisotopic (exact) mass is 331 g/mol. The second-order valence-electron chi connectivity index (χ2n) is 6.85. The maximum Gasteiger partial charge on any atom is 0.256 e. The Kier molecular flexibility index (Phi) is 4.49. The van der Waals surface area contributed by atoms with E-state index >= 15 is 0 Å². The van der Waals surface area contributed by atoms with Crippen molar-refractivity contribution in [3.8, 4) is 0 Å². The van der Waals surface area contributed by atoms with Crippen molar-refractivity contribution in [2.75, 3.05) is 38.1 Å². The summed E-state index contributed by atoms with van der Waals surface area (Å²) in [4.78, 5) is 30.1. The summed E-state index contributed by atoms with van der Waals surface area (Å²) in [5.41, 5.74) is 0.726. The number of para-hydroxylation sites is 1. The Hall–Kier alpha value is -2.08. The number of fused-ring (bicyclic) bond motifs is 1. The van der Waals surface area contributed by atoms with Gasteiger partial charge in [-0.05, 0) is 24.5 Å². The van der Waals surface area contributed by atoms with Crippen LogP contribution in [-0.2, 0) is 16.1 Å². The quantitative estimate of drug-likeness (QED) is 0.828. The Bertz CT molecular complexity index is 648. The number of hydrogen-bond donors (Lipinski definition) is 1. The predicted molar refractivity (Wildman–Crippen MR) is 91.6 cm³/mol. The number of likely N-dealkylation sites (tertiary alicyclic amines) is 1. The van der Waals surface area contributed by atoms with Gasteiger partial charge in [0.25, 0.3) is 5.91 Å². The van der Waals surface area contributed by atoms with Crippen LogP contribution in [0.3, 0.4) is 0 Å². The molecule has 0 aliphatic carbocycles. The SMILES string of the molecule is CC(=O)N1CCC[C@](O)(C(=O)N2CCN(C)c3ccccc3C2)C1. The van der Waals surface area contributed by atoms with E-state index in [0.29, 0.717) is 32.5 Å². The third-order valence-electron chi connectivity index (χ3n) is 5.07. The van der Waals surface area contributed by atoms with E-state index in [2.05, 4.69) is 11.0 Å². The van der Waals surface area contributed by atoms with E-state index in [1.54, 1.807) is 9.80 Å². The van der Waals surface area contributed by atoms with Gasteiger partial charge in [0.1, 0.15) is 0 Å². The molecule has 1 atom stereocenters. The first kappa shape index (κ1) is 16.8. The zero-order valence-electron chi connectivity index (χ0n) is 14.4. The van der Waals surface area contributed by atoms with Crippen molar-refractivity contribution in [3.05, 3.63) is 29.8 Å². The summed E-state index contributed by atoms with van der Waals surface area (Å²) < 4.78 is 0. The van der Waals surface area contributed by atoms with Crippen molar-refractivity contribution in [2.24, 2.45) is 0 Å². The van der Waals surface area contributed by atoms with Crippen LogP contribution in [0.25, 0.3) is 0 Å². The number of nitrogens with zero attached hydrogens (tertiary/aromatic N) is 3. The molecule has 0 bridgehead atoms. The molecule has 1 fully saturated rings. The molecule has 0 saturated carbocycles. The van der Waals surface area contributed by atoms with Gasteiger partial charge >= 0.3 is 0 Å².